The quantitative estimate of drug-likeness (QED) is 0.211. The molecule has 1 aliphatic rings. The number of pyridine rings is 1. The number of nitrogens with zero attached hydrogens (tertiary/aromatic N) is 4. The molecule has 4 rings (SSSR count). The van der Waals surface area contributed by atoms with Crippen LogP contribution in [0, 0.1) is 11.3 Å². The molecule has 1 heterocycles. The molecule has 1 aromatic heterocycles. The summed E-state index contributed by atoms with van der Waals surface area (Å²) in [7, 11) is 3.34. The topological polar surface area (TPSA) is 95.8 Å². The fourth-order valence-electron chi connectivity index (χ4n) is 5.23. The minimum atomic E-state index is -0.663. The average molecular weight is 619 g/mol. The number of likely N-dealkylation sites (N-methyl/N-ethyl adjacent to an activating group) is 1. The second-order valence-corrected chi connectivity index (χ2v) is 12.2. The molecule has 3 aromatic rings. The molecule has 238 valence electrons. The first-order valence-electron chi connectivity index (χ1n) is 15.5. The van der Waals surface area contributed by atoms with Gasteiger partial charge in [0.05, 0.1) is 18.2 Å². The highest BCUT2D eigenvalue weighted by Gasteiger charge is 2.23. The summed E-state index contributed by atoms with van der Waals surface area (Å²) >= 11 is 0. The highest BCUT2D eigenvalue weighted by Crippen LogP contribution is 2.40. The molecule has 0 N–H and O–H groups in total. The molecular weight excluding hydrogens is 576 g/mol. The van der Waals surface area contributed by atoms with E-state index in [-0.39, 0.29) is 25.6 Å². The van der Waals surface area contributed by atoms with E-state index in [9.17, 15) is 14.9 Å². The monoisotopic (exact) mass is 618 g/mol. The first-order valence-corrected chi connectivity index (χ1v) is 15.5. The zero-order valence-corrected chi connectivity index (χ0v) is 27.5. The molecule has 0 fully saturated rings. The van der Waals surface area contributed by atoms with E-state index in [1.165, 1.54) is 32.6 Å². The SMILES string of the molecule is CC/C(=C(\C1=Cc2ccccc2C1)c1ccc(OCCN(C/C=C/C(=O)N(C)C)C(=O)OC(C)(C)C)nc1)c1ccccc1C#N. The normalized spacial score (nSPS) is 12.9. The van der Waals surface area contributed by atoms with Gasteiger partial charge in [-0.05, 0) is 79.2 Å². The Morgan fingerprint density at radius 1 is 1.04 bits per heavy atom. The molecule has 0 unspecified atom stereocenters. The summed E-state index contributed by atoms with van der Waals surface area (Å²) in [5, 5.41) is 9.89. The molecule has 0 atom stereocenters. The molecule has 46 heavy (non-hydrogen) atoms. The summed E-state index contributed by atoms with van der Waals surface area (Å²) < 4.78 is 11.5. The van der Waals surface area contributed by atoms with Crippen molar-refractivity contribution in [3.8, 4) is 11.9 Å². The molecule has 8 nitrogen and oxygen atoms in total. The highest BCUT2D eigenvalue weighted by molar-refractivity contribution is 6.02. The fraction of sp³-hybridized carbons (Fsp3) is 0.316. The zero-order valence-electron chi connectivity index (χ0n) is 27.5. The van der Waals surface area contributed by atoms with Crippen LogP contribution in [0.4, 0.5) is 4.79 Å². The average Bonchev–Trinajstić information content (AvgIpc) is 3.46. The molecule has 2 amide bonds. The largest absolute Gasteiger partial charge is 0.476 e. The number of hydrogen-bond donors (Lipinski definition) is 0. The van der Waals surface area contributed by atoms with Crippen LogP contribution in [0.2, 0.25) is 0 Å². The Balaban J connectivity index is 1.57. The van der Waals surface area contributed by atoms with Crippen LogP contribution in [-0.2, 0) is 16.0 Å². The highest BCUT2D eigenvalue weighted by atomic mass is 16.6. The minimum Gasteiger partial charge on any atom is -0.476 e. The van der Waals surface area contributed by atoms with Crippen LogP contribution in [0.15, 0.2) is 84.6 Å². The second-order valence-electron chi connectivity index (χ2n) is 12.2. The number of amides is 2. The Bertz CT molecular complexity index is 1690. The van der Waals surface area contributed by atoms with E-state index in [0.29, 0.717) is 11.4 Å². The minimum absolute atomic E-state index is 0.169. The van der Waals surface area contributed by atoms with Gasteiger partial charge in [-0.1, -0.05) is 61.5 Å². The number of nitriles is 1. The standard InChI is InChI=1S/C38H42N4O4/c1-7-32(33-16-11-10-15-29(33)25-39)36(31-23-27-13-8-9-14-28(27)24-31)30-18-19-34(40-26-30)45-22-21-42(37(44)46-38(2,3)4)20-12-17-35(43)41(5)6/h8-19,23,26H,7,20-22,24H2,1-6H3/b17-12+,36-32+. The van der Waals surface area contributed by atoms with Crippen molar-refractivity contribution in [3.05, 3.63) is 112 Å². The maximum Gasteiger partial charge on any atom is 0.410 e. The lowest BCUT2D eigenvalue weighted by atomic mass is 9.86. The number of ether oxygens (including phenoxy) is 2. The molecule has 0 saturated heterocycles. The molecule has 0 aliphatic heterocycles. The van der Waals surface area contributed by atoms with Gasteiger partial charge in [0.15, 0.2) is 0 Å². The third-order valence-corrected chi connectivity index (χ3v) is 7.43. The summed E-state index contributed by atoms with van der Waals surface area (Å²) in [6.07, 6.45) is 8.13. The van der Waals surface area contributed by atoms with Gasteiger partial charge in [-0.15, -0.1) is 0 Å². The molecule has 0 radical (unpaired) electrons. The lowest BCUT2D eigenvalue weighted by Gasteiger charge is -2.26. The van der Waals surface area contributed by atoms with Gasteiger partial charge < -0.3 is 19.3 Å². The molecular formula is C38H42N4O4. The summed E-state index contributed by atoms with van der Waals surface area (Å²) in [5.41, 5.74) is 7.61. The van der Waals surface area contributed by atoms with Gasteiger partial charge in [-0.25, -0.2) is 9.78 Å². The van der Waals surface area contributed by atoms with E-state index in [1.807, 2.05) is 63.2 Å². The van der Waals surface area contributed by atoms with Gasteiger partial charge in [0.25, 0.3) is 0 Å². The van der Waals surface area contributed by atoms with Gasteiger partial charge >= 0.3 is 6.09 Å². The number of hydrogen-bond acceptors (Lipinski definition) is 6. The number of benzene rings is 2. The number of rotatable bonds is 11. The van der Waals surface area contributed by atoms with Crippen molar-refractivity contribution in [2.45, 2.75) is 46.1 Å². The smallest absolute Gasteiger partial charge is 0.410 e. The summed E-state index contributed by atoms with van der Waals surface area (Å²) in [4.78, 5) is 32.4. The first kappa shape index (κ1) is 33.7. The van der Waals surface area contributed by atoms with Crippen LogP contribution in [0.25, 0.3) is 17.2 Å². The van der Waals surface area contributed by atoms with Crippen LogP contribution in [-0.4, -0.2) is 66.2 Å². The number of carbonyl (C=O) groups excluding carboxylic acids is 2. The molecule has 8 heteroatoms. The van der Waals surface area contributed by atoms with Crippen molar-refractivity contribution in [3.63, 3.8) is 0 Å². The van der Waals surface area contributed by atoms with Crippen molar-refractivity contribution in [1.29, 1.82) is 5.26 Å². The predicted octanol–water partition coefficient (Wildman–Crippen LogP) is 7.17. The number of aromatic nitrogens is 1. The Morgan fingerprint density at radius 2 is 1.78 bits per heavy atom. The Labute approximate surface area is 272 Å². The van der Waals surface area contributed by atoms with E-state index >= 15 is 0 Å². The van der Waals surface area contributed by atoms with Crippen molar-refractivity contribution in [2.24, 2.45) is 0 Å². The Hall–Kier alpha value is -5.16. The van der Waals surface area contributed by atoms with E-state index < -0.39 is 11.7 Å². The maximum absolute atomic E-state index is 12.9. The number of allylic oxidation sites excluding steroid dienone is 3. The number of carbonyl (C=O) groups is 2. The van der Waals surface area contributed by atoms with Crippen molar-refractivity contribution in [2.75, 3.05) is 33.8 Å². The number of fused-ring (bicyclic) bond motifs is 1. The van der Waals surface area contributed by atoms with Crippen LogP contribution in [0.3, 0.4) is 0 Å². The van der Waals surface area contributed by atoms with Gasteiger partial charge in [0.2, 0.25) is 11.8 Å². The Morgan fingerprint density at radius 3 is 2.43 bits per heavy atom. The summed E-state index contributed by atoms with van der Waals surface area (Å²) in [6, 6.07) is 22.3. The van der Waals surface area contributed by atoms with Crippen LogP contribution >= 0.6 is 0 Å². The van der Waals surface area contributed by atoms with Crippen LogP contribution in [0.1, 0.15) is 61.9 Å². The third-order valence-electron chi connectivity index (χ3n) is 7.43. The predicted molar refractivity (Wildman–Crippen MR) is 182 cm³/mol. The lowest BCUT2D eigenvalue weighted by molar-refractivity contribution is -0.123. The van der Waals surface area contributed by atoms with Crippen molar-refractivity contribution in [1.82, 2.24) is 14.8 Å². The molecule has 1 aliphatic carbocycles. The molecule has 0 spiro atoms. The van der Waals surface area contributed by atoms with E-state index in [2.05, 4.69) is 42.3 Å². The van der Waals surface area contributed by atoms with E-state index in [0.717, 1.165) is 35.1 Å². The first-order chi connectivity index (χ1) is 22.0. The van der Waals surface area contributed by atoms with Gasteiger partial charge in [0, 0.05) is 44.5 Å². The molecule has 0 saturated carbocycles. The van der Waals surface area contributed by atoms with Gasteiger partial charge in [-0.3, -0.25) is 4.79 Å². The maximum atomic E-state index is 12.9. The third kappa shape index (κ3) is 8.72. The van der Waals surface area contributed by atoms with E-state index in [1.54, 1.807) is 26.4 Å². The van der Waals surface area contributed by atoms with Crippen LogP contribution < -0.4 is 4.74 Å². The van der Waals surface area contributed by atoms with Crippen molar-refractivity contribution < 1.29 is 19.1 Å². The Kier molecular flexibility index (Phi) is 11.2. The van der Waals surface area contributed by atoms with Crippen LogP contribution in [0.5, 0.6) is 5.88 Å². The molecule has 0 bridgehead atoms. The summed E-state index contributed by atoms with van der Waals surface area (Å²) in [6.45, 7) is 8.14. The zero-order chi connectivity index (χ0) is 33.3. The van der Waals surface area contributed by atoms with Gasteiger partial charge in [0.1, 0.15) is 12.2 Å². The van der Waals surface area contributed by atoms with E-state index in [4.69, 9.17) is 9.47 Å². The lowest BCUT2D eigenvalue weighted by Crippen LogP contribution is -2.39. The second kappa shape index (κ2) is 15.2. The molecule has 2 aromatic carbocycles. The fourth-order valence-corrected chi connectivity index (χ4v) is 5.23. The van der Waals surface area contributed by atoms with Crippen molar-refractivity contribution >= 4 is 29.2 Å². The van der Waals surface area contributed by atoms with Gasteiger partial charge in [-0.2, -0.15) is 5.26 Å². The summed E-state index contributed by atoms with van der Waals surface area (Å²) in [5.74, 6) is 0.252.